The molecule has 1 unspecified atom stereocenters. The molecule has 0 fully saturated rings. The van der Waals surface area contributed by atoms with Crippen molar-refractivity contribution in [2.24, 2.45) is 0 Å². The van der Waals surface area contributed by atoms with Crippen LogP contribution in [0.3, 0.4) is 0 Å². The first kappa shape index (κ1) is 75.6. The van der Waals surface area contributed by atoms with Crippen molar-refractivity contribution < 1.29 is 28.6 Å². The maximum absolute atomic E-state index is 12.9. The lowest BCUT2D eigenvalue weighted by Crippen LogP contribution is -2.30. The minimum Gasteiger partial charge on any atom is -0.462 e. The SMILES string of the molecule is CC/C=C\C/C=C\C/C=C\CCCCCCCCCC(=O)OC(COC(=O)CCCCCCCCCCCCCCC)COC(=O)CCCCCCCCCCCCCCCCCCCCCCCCCCCCCCCC. The first-order valence-corrected chi connectivity index (χ1v) is 35.0. The number of rotatable bonds is 65. The molecular weight excluding hydrogens is 961 g/mol. The van der Waals surface area contributed by atoms with E-state index in [4.69, 9.17) is 14.2 Å². The number of carbonyl (C=O) groups is 3. The van der Waals surface area contributed by atoms with Crippen molar-refractivity contribution in [1.29, 1.82) is 0 Å². The van der Waals surface area contributed by atoms with Crippen molar-refractivity contribution in [3.63, 3.8) is 0 Å². The molecule has 0 saturated heterocycles. The number of hydrogen-bond acceptors (Lipinski definition) is 6. The number of esters is 3. The minimum absolute atomic E-state index is 0.0707. The van der Waals surface area contributed by atoms with Gasteiger partial charge in [0.25, 0.3) is 0 Å². The summed E-state index contributed by atoms with van der Waals surface area (Å²) in [7, 11) is 0. The van der Waals surface area contributed by atoms with Gasteiger partial charge in [0.2, 0.25) is 0 Å². The third-order valence-electron chi connectivity index (χ3n) is 15.9. The fraction of sp³-hybridized carbons (Fsp3) is 0.875. The molecule has 0 radical (unpaired) electrons. The van der Waals surface area contributed by atoms with Gasteiger partial charge in [-0.3, -0.25) is 14.4 Å². The number of hydrogen-bond donors (Lipinski definition) is 0. The average Bonchev–Trinajstić information content (AvgIpc) is 3.44. The van der Waals surface area contributed by atoms with E-state index in [2.05, 4.69) is 57.2 Å². The molecule has 6 heteroatoms. The summed E-state index contributed by atoms with van der Waals surface area (Å²) in [6.07, 6.45) is 83.3. The molecule has 0 aliphatic carbocycles. The van der Waals surface area contributed by atoms with Gasteiger partial charge in [-0.15, -0.1) is 0 Å². The Balaban J connectivity index is 4.14. The quantitative estimate of drug-likeness (QED) is 0.0261. The molecule has 0 saturated carbocycles. The number of carbonyl (C=O) groups excluding carboxylic acids is 3. The Morgan fingerprint density at radius 1 is 0.269 bits per heavy atom. The van der Waals surface area contributed by atoms with Crippen molar-refractivity contribution in [2.45, 2.75) is 393 Å². The van der Waals surface area contributed by atoms with E-state index in [1.54, 1.807) is 0 Å². The molecule has 0 N–H and O–H groups in total. The summed E-state index contributed by atoms with van der Waals surface area (Å²) in [5.74, 6) is -0.853. The third kappa shape index (κ3) is 64.5. The molecule has 0 aromatic heterocycles. The predicted molar refractivity (Wildman–Crippen MR) is 339 cm³/mol. The zero-order valence-corrected chi connectivity index (χ0v) is 52.7. The average molecular weight is 1100 g/mol. The van der Waals surface area contributed by atoms with Crippen LogP contribution in [0.25, 0.3) is 0 Å². The zero-order chi connectivity index (χ0) is 56.4. The van der Waals surface area contributed by atoms with Crippen molar-refractivity contribution in [3.05, 3.63) is 36.5 Å². The first-order chi connectivity index (χ1) is 38.5. The fourth-order valence-corrected chi connectivity index (χ4v) is 10.7. The highest BCUT2D eigenvalue weighted by atomic mass is 16.6. The topological polar surface area (TPSA) is 78.9 Å². The van der Waals surface area contributed by atoms with E-state index in [-0.39, 0.29) is 31.1 Å². The Hall–Kier alpha value is -2.37. The van der Waals surface area contributed by atoms with Crippen LogP contribution in [0.1, 0.15) is 387 Å². The lowest BCUT2D eigenvalue weighted by atomic mass is 10.0. The van der Waals surface area contributed by atoms with E-state index < -0.39 is 6.10 Å². The van der Waals surface area contributed by atoms with Crippen molar-refractivity contribution in [1.82, 2.24) is 0 Å². The van der Waals surface area contributed by atoms with Crippen LogP contribution < -0.4 is 0 Å². The molecular formula is C72H134O6. The van der Waals surface area contributed by atoms with E-state index in [1.807, 2.05) is 0 Å². The second-order valence-corrected chi connectivity index (χ2v) is 23.8. The van der Waals surface area contributed by atoms with Crippen LogP contribution >= 0.6 is 0 Å². The molecule has 0 heterocycles. The summed E-state index contributed by atoms with van der Waals surface area (Å²) >= 11 is 0. The van der Waals surface area contributed by atoms with Crippen LogP contribution in [0.2, 0.25) is 0 Å². The standard InChI is InChI=1S/C72H134O6/c1-4-7-10-13-16-19-22-25-27-29-30-31-32-33-34-35-36-37-38-39-40-41-43-44-47-50-53-56-59-62-65-71(74)77-68-69(67-76-70(73)64-61-58-55-52-49-46-24-21-18-15-12-9-6-3)78-72(75)66-63-60-57-54-51-48-45-42-28-26-23-20-17-14-11-8-5-2/h8,11,17,20,26,28,69H,4-7,9-10,12-16,18-19,21-25,27,29-68H2,1-3H3/b11-8-,20-17-,28-26-. The monoisotopic (exact) mass is 1100 g/mol. The van der Waals surface area contributed by atoms with E-state index >= 15 is 0 Å². The summed E-state index contributed by atoms with van der Waals surface area (Å²) in [6.45, 7) is 6.59. The molecule has 1 atom stereocenters. The van der Waals surface area contributed by atoms with Gasteiger partial charge in [-0.05, 0) is 51.4 Å². The van der Waals surface area contributed by atoms with Crippen LogP contribution in [0.4, 0.5) is 0 Å². The Bertz CT molecular complexity index is 1300. The Kier molecular flexibility index (Phi) is 65.1. The van der Waals surface area contributed by atoms with Crippen molar-refractivity contribution >= 4 is 17.9 Å². The Labute approximate surface area is 486 Å². The molecule has 0 rings (SSSR count). The van der Waals surface area contributed by atoms with Crippen LogP contribution in [-0.2, 0) is 28.6 Å². The van der Waals surface area contributed by atoms with Gasteiger partial charge in [-0.25, -0.2) is 0 Å². The highest BCUT2D eigenvalue weighted by Gasteiger charge is 2.19. The highest BCUT2D eigenvalue weighted by Crippen LogP contribution is 2.19. The summed E-state index contributed by atoms with van der Waals surface area (Å²) in [6, 6.07) is 0. The maximum Gasteiger partial charge on any atom is 0.306 e. The van der Waals surface area contributed by atoms with Gasteiger partial charge in [0.15, 0.2) is 6.10 Å². The van der Waals surface area contributed by atoms with Crippen molar-refractivity contribution in [2.75, 3.05) is 13.2 Å². The van der Waals surface area contributed by atoms with Crippen LogP contribution in [0.5, 0.6) is 0 Å². The van der Waals surface area contributed by atoms with Gasteiger partial charge in [0, 0.05) is 19.3 Å². The van der Waals surface area contributed by atoms with Crippen LogP contribution in [-0.4, -0.2) is 37.2 Å². The fourth-order valence-electron chi connectivity index (χ4n) is 10.7. The largest absolute Gasteiger partial charge is 0.462 e. The maximum atomic E-state index is 12.9. The molecule has 0 aromatic rings. The minimum atomic E-state index is -0.775. The van der Waals surface area contributed by atoms with Gasteiger partial charge in [-0.1, -0.05) is 353 Å². The normalized spacial score (nSPS) is 12.2. The van der Waals surface area contributed by atoms with Gasteiger partial charge in [0.1, 0.15) is 13.2 Å². The van der Waals surface area contributed by atoms with Gasteiger partial charge in [0.05, 0.1) is 0 Å². The molecule has 458 valence electrons. The molecule has 0 amide bonds. The second-order valence-electron chi connectivity index (χ2n) is 23.8. The van der Waals surface area contributed by atoms with Gasteiger partial charge < -0.3 is 14.2 Å². The lowest BCUT2D eigenvalue weighted by molar-refractivity contribution is -0.167. The summed E-state index contributed by atoms with van der Waals surface area (Å²) in [5.41, 5.74) is 0. The Morgan fingerprint density at radius 2 is 0.500 bits per heavy atom. The van der Waals surface area contributed by atoms with E-state index in [1.165, 1.54) is 263 Å². The van der Waals surface area contributed by atoms with Crippen molar-refractivity contribution in [3.8, 4) is 0 Å². The zero-order valence-electron chi connectivity index (χ0n) is 52.7. The lowest BCUT2D eigenvalue weighted by Gasteiger charge is -2.18. The number of ether oxygens (including phenoxy) is 3. The van der Waals surface area contributed by atoms with Gasteiger partial charge >= 0.3 is 17.9 Å². The summed E-state index contributed by atoms with van der Waals surface area (Å²) < 4.78 is 17.0. The molecule has 0 aliphatic rings. The molecule has 78 heavy (non-hydrogen) atoms. The molecule has 0 bridgehead atoms. The van der Waals surface area contributed by atoms with E-state index in [0.29, 0.717) is 19.3 Å². The first-order valence-electron chi connectivity index (χ1n) is 35.0. The molecule has 6 nitrogen and oxygen atoms in total. The van der Waals surface area contributed by atoms with Crippen LogP contribution in [0, 0.1) is 0 Å². The molecule has 0 aromatic carbocycles. The van der Waals surface area contributed by atoms with Gasteiger partial charge in [-0.2, -0.15) is 0 Å². The number of unbranched alkanes of at least 4 members (excludes halogenated alkanes) is 48. The molecule has 0 aliphatic heterocycles. The summed E-state index contributed by atoms with van der Waals surface area (Å²) in [4.78, 5) is 38.3. The van der Waals surface area contributed by atoms with Crippen LogP contribution in [0.15, 0.2) is 36.5 Å². The molecule has 0 spiro atoms. The Morgan fingerprint density at radius 3 is 0.782 bits per heavy atom. The number of allylic oxidation sites excluding steroid dienone is 6. The summed E-state index contributed by atoms with van der Waals surface area (Å²) in [5, 5.41) is 0. The third-order valence-corrected chi connectivity index (χ3v) is 15.9. The predicted octanol–water partition coefficient (Wildman–Crippen LogP) is 23.9. The van der Waals surface area contributed by atoms with E-state index in [0.717, 1.165) is 83.5 Å². The smallest absolute Gasteiger partial charge is 0.306 e. The van der Waals surface area contributed by atoms with E-state index in [9.17, 15) is 14.4 Å². The second kappa shape index (κ2) is 67.1. The highest BCUT2D eigenvalue weighted by molar-refractivity contribution is 5.71.